The van der Waals surface area contributed by atoms with E-state index in [4.69, 9.17) is 14.2 Å². The molecule has 0 aliphatic heterocycles. The van der Waals surface area contributed by atoms with Crippen LogP contribution in [0.15, 0.2) is 33.6 Å². The van der Waals surface area contributed by atoms with Crippen molar-refractivity contribution in [3.8, 4) is 23.1 Å². The molecule has 0 unspecified atom stereocenters. The normalized spacial score (nSPS) is 13.0. The van der Waals surface area contributed by atoms with Gasteiger partial charge in [-0.1, -0.05) is 12.1 Å². The molecular weight excluding hydrogens is 368 g/mol. The van der Waals surface area contributed by atoms with Gasteiger partial charge in [-0.2, -0.15) is 5.26 Å². The van der Waals surface area contributed by atoms with Crippen LogP contribution in [0.2, 0.25) is 0 Å². The summed E-state index contributed by atoms with van der Waals surface area (Å²) in [4.78, 5) is 17.8. The van der Waals surface area contributed by atoms with Gasteiger partial charge in [-0.25, -0.2) is 4.98 Å². The van der Waals surface area contributed by atoms with E-state index in [0.29, 0.717) is 34.8 Å². The lowest BCUT2D eigenvalue weighted by Crippen LogP contribution is -2.32. The van der Waals surface area contributed by atoms with Crippen molar-refractivity contribution < 1.29 is 9.26 Å². The fourth-order valence-electron chi connectivity index (χ4n) is 3.80. The summed E-state index contributed by atoms with van der Waals surface area (Å²) in [7, 11) is 1.57. The number of ether oxygens (including phenoxy) is 1. The topological polar surface area (TPSA) is 93.9 Å². The molecule has 0 fully saturated rings. The largest absolute Gasteiger partial charge is 0.497 e. The first kappa shape index (κ1) is 18.9. The van der Waals surface area contributed by atoms with E-state index in [2.05, 4.69) is 11.2 Å². The maximum absolute atomic E-state index is 13.1. The lowest BCUT2D eigenvalue weighted by atomic mass is 9.97. The van der Waals surface area contributed by atoms with E-state index >= 15 is 0 Å². The van der Waals surface area contributed by atoms with Crippen molar-refractivity contribution >= 4 is 0 Å². The minimum absolute atomic E-state index is 0.0233. The Morgan fingerprint density at radius 1 is 1.28 bits per heavy atom. The predicted molar refractivity (Wildman–Crippen MR) is 107 cm³/mol. The van der Waals surface area contributed by atoms with E-state index in [1.165, 1.54) is 0 Å². The monoisotopic (exact) mass is 390 g/mol. The number of methoxy groups -OCH3 is 1. The van der Waals surface area contributed by atoms with Crippen LogP contribution in [0.4, 0.5) is 0 Å². The van der Waals surface area contributed by atoms with Gasteiger partial charge >= 0.3 is 0 Å². The molecule has 0 N–H and O–H groups in total. The fraction of sp³-hybridized carbons (Fsp3) is 0.364. The van der Waals surface area contributed by atoms with E-state index in [1.807, 2.05) is 6.92 Å². The highest BCUT2D eigenvalue weighted by Crippen LogP contribution is 2.28. The molecule has 0 saturated heterocycles. The zero-order chi connectivity index (χ0) is 20.4. The number of fused-ring (bicyclic) bond motifs is 1. The van der Waals surface area contributed by atoms with Gasteiger partial charge in [-0.05, 0) is 43.9 Å². The van der Waals surface area contributed by atoms with Crippen LogP contribution in [-0.4, -0.2) is 21.8 Å². The average molecular weight is 390 g/mol. The maximum atomic E-state index is 13.1. The zero-order valence-corrected chi connectivity index (χ0v) is 16.6. The number of nitriles is 1. The number of benzene rings is 1. The van der Waals surface area contributed by atoms with Crippen molar-refractivity contribution in [2.45, 2.75) is 45.6 Å². The smallest absolute Gasteiger partial charge is 0.257 e. The van der Waals surface area contributed by atoms with Gasteiger partial charge in [-0.3, -0.25) is 9.36 Å². The van der Waals surface area contributed by atoms with Gasteiger partial charge in [0.05, 0.1) is 31.0 Å². The molecule has 3 aromatic rings. The maximum Gasteiger partial charge on any atom is 0.257 e. The molecule has 0 spiro atoms. The number of aromatic nitrogens is 3. The van der Waals surface area contributed by atoms with Crippen LogP contribution in [0.1, 0.15) is 48.1 Å². The average Bonchev–Trinajstić information content (AvgIpc) is 3.23. The van der Waals surface area contributed by atoms with Crippen LogP contribution in [0, 0.1) is 11.3 Å². The Morgan fingerprint density at radius 3 is 2.86 bits per heavy atom. The molecule has 29 heavy (non-hydrogen) atoms. The number of hydrogen-bond donors (Lipinski definition) is 0. The van der Waals surface area contributed by atoms with Crippen LogP contribution >= 0.6 is 0 Å². The summed E-state index contributed by atoms with van der Waals surface area (Å²) in [6.07, 6.45) is 4.43. The molecule has 2 aromatic heterocycles. The molecule has 0 radical (unpaired) electrons. The highest BCUT2D eigenvalue weighted by Gasteiger charge is 2.20. The second-order valence-corrected chi connectivity index (χ2v) is 7.11. The summed E-state index contributed by atoms with van der Waals surface area (Å²) in [5.74, 6) is 1.85. The Morgan fingerprint density at radius 2 is 2.10 bits per heavy atom. The Kier molecular flexibility index (Phi) is 5.17. The molecule has 0 bridgehead atoms. The minimum Gasteiger partial charge on any atom is -0.497 e. The molecule has 1 aliphatic rings. The minimum atomic E-state index is 0.0233. The molecule has 2 heterocycles. The van der Waals surface area contributed by atoms with E-state index in [-0.39, 0.29) is 12.1 Å². The first-order valence-corrected chi connectivity index (χ1v) is 9.80. The van der Waals surface area contributed by atoms with Crippen LogP contribution in [0.25, 0.3) is 11.3 Å². The van der Waals surface area contributed by atoms with Gasteiger partial charge in [0.2, 0.25) is 0 Å². The molecular formula is C22H22N4O3. The summed E-state index contributed by atoms with van der Waals surface area (Å²) in [5, 5.41) is 13.5. The van der Waals surface area contributed by atoms with E-state index in [1.54, 1.807) is 35.9 Å². The van der Waals surface area contributed by atoms with Crippen molar-refractivity contribution in [2.75, 3.05) is 7.11 Å². The summed E-state index contributed by atoms with van der Waals surface area (Å²) >= 11 is 0. The molecule has 0 amide bonds. The number of aryl methyl sites for hydroxylation is 2. The Balaban J connectivity index is 1.71. The van der Waals surface area contributed by atoms with E-state index in [0.717, 1.165) is 42.8 Å². The SMILES string of the molecule is CCc1nc2c(c(=O)n1Cc1cc(-c3cc(OC)ccc3C#N)on1)CCCC2. The highest BCUT2D eigenvalue weighted by atomic mass is 16.5. The molecule has 7 nitrogen and oxygen atoms in total. The van der Waals surface area contributed by atoms with Crippen molar-refractivity contribution in [1.82, 2.24) is 14.7 Å². The van der Waals surface area contributed by atoms with Crippen molar-refractivity contribution in [1.29, 1.82) is 5.26 Å². The number of nitrogens with zero attached hydrogens (tertiary/aromatic N) is 4. The standard InChI is InChI=1S/C22H22N4O3/c1-3-21-24-19-7-5-4-6-17(19)22(27)26(21)13-15-10-20(29-25-15)18-11-16(28-2)9-8-14(18)12-23/h8-11H,3-7,13H2,1-2H3. The zero-order valence-electron chi connectivity index (χ0n) is 16.6. The molecule has 0 atom stereocenters. The summed E-state index contributed by atoms with van der Waals surface area (Å²) in [6, 6.07) is 9.08. The first-order valence-electron chi connectivity index (χ1n) is 9.80. The van der Waals surface area contributed by atoms with Gasteiger partial charge in [0.1, 0.15) is 17.3 Å². The van der Waals surface area contributed by atoms with Crippen molar-refractivity contribution in [3.63, 3.8) is 0 Å². The van der Waals surface area contributed by atoms with Gasteiger partial charge in [0, 0.05) is 23.6 Å². The van der Waals surface area contributed by atoms with Gasteiger partial charge in [-0.15, -0.1) is 0 Å². The third kappa shape index (κ3) is 3.54. The number of hydrogen-bond acceptors (Lipinski definition) is 6. The summed E-state index contributed by atoms with van der Waals surface area (Å²) < 4.78 is 12.4. The Bertz CT molecular complexity index is 1150. The van der Waals surface area contributed by atoms with Crippen molar-refractivity contribution in [2.24, 2.45) is 0 Å². The third-order valence-electron chi connectivity index (χ3n) is 5.33. The Hall–Kier alpha value is -3.40. The summed E-state index contributed by atoms with van der Waals surface area (Å²) in [6.45, 7) is 2.29. The van der Waals surface area contributed by atoms with E-state index < -0.39 is 0 Å². The predicted octanol–water partition coefficient (Wildman–Crippen LogP) is 3.27. The molecule has 1 aliphatic carbocycles. The molecule has 7 heteroatoms. The fourth-order valence-corrected chi connectivity index (χ4v) is 3.80. The van der Waals surface area contributed by atoms with Gasteiger partial charge in [0.15, 0.2) is 5.76 Å². The molecule has 1 aromatic carbocycles. The van der Waals surface area contributed by atoms with Crippen LogP contribution in [0.5, 0.6) is 5.75 Å². The quantitative estimate of drug-likeness (QED) is 0.664. The third-order valence-corrected chi connectivity index (χ3v) is 5.33. The van der Waals surface area contributed by atoms with E-state index in [9.17, 15) is 10.1 Å². The lowest BCUT2D eigenvalue weighted by molar-refractivity contribution is 0.411. The molecule has 0 saturated carbocycles. The van der Waals surface area contributed by atoms with Crippen LogP contribution in [-0.2, 0) is 25.8 Å². The highest BCUT2D eigenvalue weighted by molar-refractivity contribution is 5.68. The lowest BCUT2D eigenvalue weighted by Gasteiger charge is -2.18. The molecule has 148 valence electrons. The number of rotatable bonds is 5. The first-order chi connectivity index (χ1) is 14.1. The van der Waals surface area contributed by atoms with Crippen molar-refractivity contribution in [3.05, 3.63) is 63.0 Å². The van der Waals surface area contributed by atoms with Crippen LogP contribution < -0.4 is 10.3 Å². The summed E-state index contributed by atoms with van der Waals surface area (Å²) in [5.41, 5.74) is 3.49. The van der Waals surface area contributed by atoms with Gasteiger partial charge < -0.3 is 9.26 Å². The second-order valence-electron chi connectivity index (χ2n) is 7.11. The second kappa shape index (κ2) is 7.92. The molecule has 4 rings (SSSR count). The van der Waals surface area contributed by atoms with Crippen LogP contribution in [0.3, 0.4) is 0 Å². The van der Waals surface area contributed by atoms with Gasteiger partial charge in [0.25, 0.3) is 5.56 Å². The Labute approximate surface area is 168 Å².